The van der Waals surface area contributed by atoms with Gasteiger partial charge in [-0.15, -0.1) is 0 Å². The quantitative estimate of drug-likeness (QED) is 0.427. The molecule has 0 aromatic rings. The van der Waals surface area contributed by atoms with Gasteiger partial charge >= 0.3 is 5.97 Å². The summed E-state index contributed by atoms with van der Waals surface area (Å²) in [5.74, 6) is 0.926. The normalized spacial score (nSPS) is 25.6. The molecule has 1 aliphatic carbocycles. The van der Waals surface area contributed by atoms with Crippen molar-refractivity contribution in [1.29, 1.82) is 0 Å². The molecule has 0 amide bonds. The van der Waals surface area contributed by atoms with E-state index in [4.69, 9.17) is 4.74 Å². The van der Waals surface area contributed by atoms with Crippen LogP contribution >= 0.6 is 22.6 Å². The average Bonchev–Trinajstić information content (AvgIpc) is 2.24. The van der Waals surface area contributed by atoms with Crippen LogP contribution in [0, 0.1) is 11.8 Å². The molecule has 1 fully saturated rings. The Kier molecular flexibility index (Phi) is 6.24. The van der Waals surface area contributed by atoms with Gasteiger partial charge in [0.1, 0.15) is 5.60 Å². The van der Waals surface area contributed by atoms with Crippen LogP contribution in [-0.4, -0.2) is 16.0 Å². The maximum atomic E-state index is 12.0. The molecule has 2 unspecified atom stereocenters. The highest BCUT2D eigenvalue weighted by Gasteiger charge is 2.30. The Morgan fingerprint density at radius 2 is 2.06 bits per heavy atom. The van der Waals surface area contributed by atoms with E-state index < -0.39 is 0 Å². The van der Waals surface area contributed by atoms with E-state index in [9.17, 15) is 4.79 Å². The largest absolute Gasteiger partial charge is 0.460 e. The van der Waals surface area contributed by atoms with Gasteiger partial charge in [-0.3, -0.25) is 4.79 Å². The molecule has 1 saturated carbocycles. The Bertz CT molecular complexity index is 245. The molecule has 0 radical (unpaired) electrons. The van der Waals surface area contributed by atoms with Gasteiger partial charge in [-0.25, -0.2) is 0 Å². The molecule has 0 heterocycles. The second-order valence-electron chi connectivity index (χ2n) is 6.09. The maximum absolute atomic E-state index is 12.0. The van der Waals surface area contributed by atoms with Crippen molar-refractivity contribution in [3.05, 3.63) is 0 Å². The zero-order valence-electron chi connectivity index (χ0n) is 11.3. The Balaban J connectivity index is 2.40. The summed E-state index contributed by atoms with van der Waals surface area (Å²) in [6, 6.07) is 0. The van der Waals surface area contributed by atoms with Crippen LogP contribution in [0.15, 0.2) is 0 Å². The summed E-state index contributed by atoms with van der Waals surface area (Å²) in [6.07, 6.45) is 7.13. The SMILES string of the molecule is CC(C)(C)OC(=O)C1CCCC(CCCI)C1. The molecule has 0 N–H and O–H groups in total. The summed E-state index contributed by atoms with van der Waals surface area (Å²) in [7, 11) is 0. The number of hydrogen-bond acceptors (Lipinski definition) is 2. The lowest BCUT2D eigenvalue weighted by Gasteiger charge is -2.30. The van der Waals surface area contributed by atoms with Crippen LogP contribution in [0.25, 0.3) is 0 Å². The number of alkyl halides is 1. The van der Waals surface area contributed by atoms with E-state index in [1.54, 1.807) is 0 Å². The summed E-state index contributed by atoms with van der Waals surface area (Å²) in [4.78, 5) is 12.0. The summed E-state index contributed by atoms with van der Waals surface area (Å²) in [5, 5.41) is 0. The van der Waals surface area contributed by atoms with Gasteiger partial charge < -0.3 is 4.74 Å². The summed E-state index contributed by atoms with van der Waals surface area (Å²) < 4.78 is 6.72. The first-order chi connectivity index (χ1) is 7.92. The number of esters is 1. The molecule has 0 spiro atoms. The molecule has 0 aliphatic heterocycles. The summed E-state index contributed by atoms with van der Waals surface area (Å²) >= 11 is 2.43. The number of ether oxygens (including phenoxy) is 1. The fraction of sp³-hybridized carbons (Fsp3) is 0.929. The second-order valence-corrected chi connectivity index (χ2v) is 7.17. The van der Waals surface area contributed by atoms with Crippen LogP contribution in [0.2, 0.25) is 0 Å². The Hall–Kier alpha value is 0.200. The number of carbonyl (C=O) groups is 1. The van der Waals surface area contributed by atoms with Gasteiger partial charge in [-0.2, -0.15) is 0 Å². The molecule has 1 rings (SSSR count). The van der Waals surface area contributed by atoms with Crippen molar-refractivity contribution >= 4 is 28.6 Å². The van der Waals surface area contributed by atoms with E-state index in [0.29, 0.717) is 0 Å². The van der Waals surface area contributed by atoms with Gasteiger partial charge in [-0.05, 0) is 56.8 Å². The molecule has 1 aliphatic rings. The Labute approximate surface area is 119 Å². The minimum Gasteiger partial charge on any atom is -0.460 e. The van der Waals surface area contributed by atoms with Crippen LogP contribution < -0.4 is 0 Å². The van der Waals surface area contributed by atoms with Gasteiger partial charge in [0.05, 0.1) is 5.92 Å². The van der Waals surface area contributed by atoms with Crippen molar-refractivity contribution in [2.75, 3.05) is 4.43 Å². The Morgan fingerprint density at radius 1 is 1.35 bits per heavy atom. The third-order valence-electron chi connectivity index (χ3n) is 3.27. The second kappa shape index (κ2) is 6.95. The molecule has 0 bridgehead atoms. The average molecular weight is 352 g/mol. The van der Waals surface area contributed by atoms with Crippen molar-refractivity contribution in [2.24, 2.45) is 11.8 Å². The zero-order valence-corrected chi connectivity index (χ0v) is 13.5. The highest BCUT2D eigenvalue weighted by atomic mass is 127. The van der Waals surface area contributed by atoms with E-state index in [0.717, 1.165) is 18.8 Å². The number of rotatable bonds is 4. The van der Waals surface area contributed by atoms with Crippen LogP contribution in [0.1, 0.15) is 59.3 Å². The van der Waals surface area contributed by atoms with Crippen molar-refractivity contribution in [3.63, 3.8) is 0 Å². The van der Waals surface area contributed by atoms with Gasteiger partial charge in [0.25, 0.3) is 0 Å². The standard InChI is InChI=1S/C14H25IO2/c1-14(2,3)17-13(16)12-8-4-6-11(10-12)7-5-9-15/h11-12H,4-10H2,1-3H3. The van der Waals surface area contributed by atoms with E-state index in [2.05, 4.69) is 22.6 Å². The van der Waals surface area contributed by atoms with E-state index in [1.807, 2.05) is 20.8 Å². The van der Waals surface area contributed by atoms with Gasteiger partial charge in [0, 0.05) is 0 Å². The number of halogens is 1. The highest BCUT2D eigenvalue weighted by molar-refractivity contribution is 14.1. The maximum Gasteiger partial charge on any atom is 0.309 e. The predicted molar refractivity (Wildman–Crippen MR) is 79.4 cm³/mol. The van der Waals surface area contributed by atoms with Crippen LogP contribution in [0.5, 0.6) is 0 Å². The van der Waals surface area contributed by atoms with E-state index in [-0.39, 0.29) is 17.5 Å². The van der Waals surface area contributed by atoms with Crippen molar-refractivity contribution in [1.82, 2.24) is 0 Å². The summed E-state index contributed by atoms with van der Waals surface area (Å²) in [6.45, 7) is 5.84. The highest BCUT2D eigenvalue weighted by Crippen LogP contribution is 2.33. The summed E-state index contributed by atoms with van der Waals surface area (Å²) in [5.41, 5.74) is -0.341. The fourth-order valence-corrected chi connectivity index (χ4v) is 2.96. The zero-order chi connectivity index (χ0) is 12.9. The lowest BCUT2D eigenvalue weighted by atomic mass is 9.79. The minimum absolute atomic E-state index is 0.0247. The molecular formula is C14H25IO2. The molecule has 0 saturated heterocycles. The number of hydrogen-bond donors (Lipinski definition) is 0. The van der Waals surface area contributed by atoms with Gasteiger partial charge in [-0.1, -0.05) is 35.4 Å². The Morgan fingerprint density at radius 3 is 2.65 bits per heavy atom. The smallest absolute Gasteiger partial charge is 0.309 e. The molecule has 3 heteroatoms. The van der Waals surface area contributed by atoms with E-state index in [1.165, 1.54) is 30.1 Å². The predicted octanol–water partition coefficient (Wildman–Crippen LogP) is 4.35. The van der Waals surface area contributed by atoms with Gasteiger partial charge in [0.2, 0.25) is 0 Å². The minimum atomic E-state index is -0.341. The van der Waals surface area contributed by atoms with Crippen LogP contribution in [0.3, 0.4) is 0 Å². The lowest BCUT2D eigenvalue weighted by molar-refractivity contribution is -0.161. The topological polar surface area (TPSA) is 26.3 Å². The number of carbonyl (C=O) groups excluding carboxylic acids is 1. The molecule has 0 aromatic carbocycles. The molecule has 2 nitrogen and oxygen atoms in total. The fourth-order valence-electron chi connectivity index (χ4n) is 2.52. The molecule has 2 atom stereocenters. The van der Waals surface area contributed by atoms with Crippen molar-refractivity contribution < 1.29 is 9.53 Å². The lowest BCUT2D eigenvalue weighted by Crippen LogP contribution is -2.31. The van der Waals surface area contributed by atoms with Crippen molar-refractivity contribution in [2.45, 2.75) is 64.9 Å². The van der Waals surface area contributed by atoms with Crippen LogP contribution in [0.4, 0.5) is 0 Å². The van der Waals surface area contributed by atoms with Crippen molar-refractivity contribution in [3.8, 4) is 0 Å². The first kappa shape index (κ1) is 15.3. The molecule has 0 aromatic heterocycles. The molecule has 100 valence electrons. The molecular weight excluding hydrogens is 327 g/mol. The van der Waals surface area contributed by atoms with Crippen LogP contribution in [-0.2, 0) is 9.53 Å². The first-order valence-electron chi connectivity index (χ1n) is 6.71. The third kappa shape index (κ3) is 6.07. The first-order valence-corrected chi connectivity index (χ1v) is 8.24. The molecule has 17 heavy (non-hydrogen) atoms. The van der Waals surface area contributed by atoms with E-state index >= 15 is 0 Å². The third-order valence-corrected chi connectivity index (χ3v) is 4.03. The monoisotopic (exact) mass is 352 g/mol. The van der Waals surface area contributed by atoms with Gasteiger partial charge in [0.15, 0.2) is 0 Å².